The van der Waals surface area contributed by atoms with Crippen molar-refractivity contribution in [1.29, 1.82) is 0 Å². The molecule has 0 radical (unpaired) electrons. The molecule has 1 atom stereocenters. The summed E-state index contributed by atoms with van der Waals surface area (Å²) in [5.41, 5.74) is 0.177. The van der Waals surface area contributed by atoms with Crippen molar-refractivity contribution in [1.82, 2.24) is 15.5 Å². The van der Waals surface area contributed by atoms with E-state index >= 15 is 0 Å². The van der Waals surface area contributed by atoms with Crippen LogP contribution in [-0.4, -0.2) is 49.1 Å². The zero-order chi connectivity index (χ0) is 11.6. The predicted molar refractivity (Wildman–Crippen MR) is 67.7 cm³/mol. The molecule has 2 aliphatic heterocycles. The van der Waals surface area contributed by atoms with Crippen LogP contribution in [-0.2, 0) is 0 Å². The third-order valence-electron chi connectivity index (χ3n) is 3.36. The molecule has 1 fully saturated rings. The minimum atomic E-state index is 0.177. The smallest absolute Gasteiger partial charge is 0.194 e. The predicted octanol–water partition coefficient (Wildman–Crippen LogP) is 0.656. The molecular weight excluding hydrogens is 200 g/mol. The van der Waals surface area contributed by atoms with Crippen LogP contribution >= 0.6 is 0 Å². The minimum Gasteiger partial charge on any atom is -0.356 e. The van der Waals surface area contributed by atoms with E-state index < -0.39 is 0 Å². The van der Waals surface area contributed by atoms with Gasteiger partial charge in [0.1, 0.15) is 0 Å². The van der Waals surface area contributed by atoms with Crippen molar-refractivity contribution >= 4 is 5.96 Å². The third-order valence-corrected chi connectivity index (χ3v) is 3.36. The molecule has 4 nitrogen and oxygen atoms in total. The van der Waals surface area contributed by atoms with Crippen molar-refractivity contribution in [2.45, 2.75) is 32.7 Å². The van der Waals surface area contributed by atoms with E-state index in [0.29, 0.717) is 0 Å². The van der Waals surface area contributed by atoms with Crippen LogP contribution < -0.4 is 10.6 Å². The molecule has 0 spiro atoms. The van der Waals surface area contributed by atoms with Crippen LogP contribution in [0, 0.1) is 5.92 Å². The molecule has 2 rings (SSSR count). The number of guanidine groups is 1. The lowest BCUT2D eigenvalue weighted by Crippen LogP contribution is -2.50. The third kappa shape index (κ3) is 2.67. The van der Waals surface area contributed by atoms with Crippen molar-refractivity contribution in [2.75, 3.05) is 32.7 Å². The number of nitrogens with zero attached hydrogens (tertiary/aromatic N) is 2. The van der Waals surface area contributed by atoms with E-state index in [2.05, 4.69) is 41.3 Å². The van der Waals surface area contributed by atoms with E-state index in [-0.39, 0.29) is 5.54 Å². The van der Waals surface area contributed by atoms with Gasteiger partial charge in [-0.05, 0) is 46.2 Å². The van der Waals surface area contributed by atoms with Crippen molar-refractivity contribution in [3.63, 3.8) is 0 Å². The van der Waals surface area contributed by atoms with Crippen LogP contribution in [0.25, 0.3) is 0 Å². The maximum Gasteiger partial charge on any atom is 0.194 e. The fourth-order valence-electron chi connectivity index (χ4n) is 2.38. The normalized spacial score (nSPS) is 26.1. The largest absolute Gasteiger partial charge is 0.356 e. The van der Waals surface area contributed by atoms with Crippen molar-refractivity contribution in [2.24, 2.45) is 10.9 Å². The highest BCUT2D eigenvalue weighted by Crippen LogP contribution is 2.16. The highest BCUT2D eigenvalue weighted by molar-refractivity contribution is 5.82. The van der Waals surface area contributed by atoms with Gasteiger partial charge in [-0.1, -0.05) is 0 Å². The Kier molecular flexibility index (Phi) is 3.38. The average Bonchev–Trinajstić information content (AvgIpc) is 2.85. The summed E-state index contributed by atoms with van der Waals surface area (Å²) < 4.78 is 0. The van der Waals surface area contributed by atoms with Gasteiger partial charge in [0, 0.05) is 18.6 Å². The van der Waals surface area contributed by atoms with E-state index in [9.17, 15) is 0 Å². The van der Waals surface area contributed by atoms with Crippen molar-refractivity contribution < 1.29 is 0 Å². The first-order valence-corrected chi connectivity index (χ1v) is 6.34. The Labute approximate surface area is 98.5 Å². The first-order valence-electron chi connectivity index (χ1n) is 6.34. The molecule has 0 aromatic rings. The highest BCUT2D eigenvalue weighted by atomic mass is 15.4. The second-order valence-electron chi connectivity index (χ2n) is 5.77. The molecule has 1 unspecified atom stereocenters. The maximum absolute atomic E-state index is 4.56. The molecule has 0 amide bonds. The lowest BCUT2D eigenvalue weighted by Gasteiger charge is -2.34. The standard InChI is InChI=1S/C12H24N4/c1-12(2,3)16-7-6-14-11(16)15-9-10-4-5-13-8-10/h10,13H,4-9H2,1-3H3,(H,14,15). The Hall–Kier alpha value is -0.770. The fourth-order valence-corrected chi connectivity index (χ4v) is 2.38. The molecule has 16 heavy (non-hydrogen) atoms. The van der Waals surface area contributed by atoms with Gasteiger partial charge in [0.25, 0.3) is 0 Å². The number of nitrogens with one attached hydrogen (secondary N) is 2. The van der Waals surface area contributed by atoms with Gasteiger partial charge in [0.15, 0.2) is 5.96 Å². The lowest BCUT2D eigenvalue weighted by molar-refractivity contribution is 0.249. The zero-order valence-corrected chi connectivity index (χ0v) is 10.7. The number of hydrogen-bond acceptors (Lipinski definition) is 4. The molecule has 1 saturated heterocycles. The van der Waals surface area contributed by atoms with Crippen molar-refractivity contribution in [3.05, 3.63) is 0 Å². The summed E-state index contributed by atoms with van der Waals surface area (Å²) in [5.74, 6) is 1.87. The van der Waals surface area contributed by atoms with Crippen LogP contribution in [0.5, 0.6) is 0 Å². The summed E-state index contributed by atoms with van der Waals surface area (Å²) in [6, 6.07) is 0. The fraction of sp³-hybridized carbons (Fsp3) is 0.917. The highest BCUT2D eigenvalue weighted by Gasteiger charge is 2.28. The molecule has 2 N–H and O–H groups in total. The van der Waals surface area contributed by atoms with Crippen LogP contribution in [0.15, 0.2) is 4.99 Å². The molecule has 0 aromatic carbocycles. The first kappa shape index (κ1) is 11.7. The van der Waals surface area contributed by atoms with Crippen LogP contribution in [0.3, 0.4) is 0 Å². The molecule has 0 bridgehead atoms. The molecule has 92 valence electrons. The van der Waals surface area contributed by atoms with E-state index in [0.717, 1.165) is 38.1 Å². The van der Waals surface area contributed by atoms with Crippen LogP contribution in [0.4, 0.5) is 0 Å². The average molecular weight is 224 g/mol. The quantitative estimate of drug-likeness (QED) is 0.724. The minimum absolute atomic E-state index is 0.177. The van der Waals surface area contributed by atoms with Gasteiger partial charge in [0.2, 0.25) is 0 Å². The summed E-state index contributed by atoms with van der Waals surface area (Å²) >= 11 is 0. The second kappa shape index (κ2) is 4.62. The topological polar surface area (TPSA) is 39.7 Å². The van der Waals surface area contributed by atoms with Gasteiger partial charge in [0.05, 0.1) is 6.54 Å². The molecule has 0 saturated carbocycles. The van der Waals surface area contributed by atoms with Crippen LogP contribution in [0.1, 0.15) is 27.2 Å². The van der Waals surface area contributed by atoms with E-state index in [4.69, 9.17) is 0 Å². The summed E-state index contributed by atoms with van der Waals surface area (Å²) in [7, 11) is 0. The maximum atomic E-state index is 4.56. The summed E-state index contributed by atoms with van der Waals surface area (Å²) in [4.78, 5) is 6.93. The SMILES string of the molecule is CC(C)(C)N1CCN=C1NCC1CCNC1. The Morgan fingerprint density at radius 2 is 2.31 bits per heavy atom. The zero-order valence-electron chi connectivity index (χ0n) is 10.7. The van der Waals surface area contributed by atoms with E-state index in [1.54, 1.807) is 0 Å². The van der Waals surface area contributed by atoms with Crippen LogP contribution in [0.2, 0.25) is 0 Å². The van der Waals surface area contributed by atoms with Gasteiger partial charge in [-0.25, -0.2) is 0 Å². The van der Waals surface area contributed by atoms with Gasteiger partial charge < -0.3 is 15.5 Å². The van der Waals surface area contributed by atoms with Gasteiger partial charge >= 0.3 is 0 Å². The number of rotatable bonds is 2. The van der Waals surface area contributed by atoms with Gasteiger partial charge in [-0.3, -0.25) is 4.99 Å². The van der Waals surface area contributed by atoms with Gasteiger partial charge in [-0.2, -0.15) is 0 Å². The summed E-state index contributed by atoms with van der Waals surface area (Å²) in [5, 5.41) is 6.91. The Balaban J connectivity index is 1.84. The molecule has 0 aromatic heterocycles. The molecule has 0 aliphatic carbocycles. The number of hydrogen-bond donors (Lipinski definition) is 2. The molecule has 2 aliphatic rings. The molecular formula is C12H24N4. The summed E-state index contributed by atoms with van der Waals surface area (Å²) in [6.45, 7) is 12.1. The number of aliphatic imine (C=N–C) groups is 1. The van der Waals surface area contributed by atoms with E-state index in [1.807, 2.05) is 0 Å². The Morgan fingerprint density at radius 1 is 1.50 bits per heavy atom. The van der Waals surface area contributed by atoms with E-state index in [1.165, 1.54) is 13.0 Å². The van der Waals surface area contributed by atoms with Crippen molar-refractivity contribution in [3.8, 4) is 0 Å². The first-order chi connectivity index (χ1) is 7.57. The summed E-state index contributed by atoms with van der Waals surface area (Å²) in [6.07, 6.45) is 1.29. The second-order valence-corrected chi connectivity index (χ2v) is 5.77. The molecule has 4 heteroatoms. The monoisotopic (exact) mass is 224 g/mol. The lowest BCUT2D eigenvalue weighted by atomic mass is 10.1. The Bertz CT molecular complexity index is 261. The molecule has 2 heterocycles. The Morgan fingerprint density at radius 3 is 2.94 bits per heavy atom. The van der Waals surface area contributed by atoms with Gasteiger partial charge in [-0.15, -0.1) is 0 Å².